The molecular formula is C22H23N4O5+. The Bertz CT molecular complexity index is 1090. The van der Waals surface area contributed by atoms with E-state index in [4.69, 9.17) is 9.47 Å². The predicted molar refractivity (Wildman–Crippen MR) is 111 cm³/mol. The van der Waals surface area contributed by atoms with E-state index in [9.17, 15) is 14.4 Å². The van der Waals surface area contributed by atoms with Gasteiger partial charge in [-0.05, 0) is 35.4 Å². The third kappa shape index (κ3) is 3.36. The maximum Gasteiger partial charge on any atom is 0.277 e. The van der Waals surface area contributed by atoms with Crippen LogP contribution < -0.4 is 20.1 Å². The summed E-state index contributed by atoms with van der Waals surface area (Å²) in [5.41, 5.74) is 2.64. The zero-order chi connectivity index (χ0) is 21.5. The molecule has 0 aromatic heterocycles. The van der Waals surface area contributed by atoms with Crippen molar-refractivity contribution in [2.24, 2.45) is 0 Å². The third-order valence-electron chi connectivity index (χ3n) is 5.89. The van der Waals surface area contributed by atoms with Gasteiger partial charge in [0.25, 0.3) is 11.8 Å². The molecule has 1 saturated heterocycles. The number of quaternary nitrogens is 1. The molecule has 1 atom stereocenters. The van der Waals surface area contributed by atoms with E-state index < -0.39 is 6.04 Å². The largest absolute Gasteiger partial charge is 0.454 e. The molecule has 2 aromatic rings. The van der Waals surface area contributed by atoms with Crippen LogP contribution in [0.4, 0.5) is 5.69 Å². The van der Waals surface area contributed by atoms with Crippen molar-refractivity contribution in [1.82, 2.24) is 9.80 Å². The fourth-order valence-corrected chi connectivity index (χ4v) is 4.24. The highest BCUT2D eigenvalue weighted by Gasteiger charge is 2.40. The first-order valence-electron chi connectivity index (χ1n) is 10.3. The summed E-state index contributed by atoms with van der Waals surface area (Å²) < 4.78 is 10.8. The molecule has 160 valence electrons. The molecule has 0 bridgehead atoms. The van der Waals surface area contributed by atoms with Crippen molar-refractivity contribution in [3.63, 3.8) is 0 Å². The highest BCUT2D eigenvalue weighted by atomic mass is 16.7. The summed E-state index contributed by atoms with van der Waals surface area (Å²) >= 11 is 0. The number of likely N-dealkylation sites (N-methyl/N-ethyl adjacent to an activating group) is 1. The number of fused-ring (bicyclic) bond motifs is 3. The van der Waals surface area contributed by atoms with Gasteiger partial charge in [-0.1, -0.05) is 12.1 Å². The van der Waals surface area contributed by atoms with E-state index in [-0.39, 0.29) is 31.1 Å². The second kappa shape index (κ2) is 7.59. The van der Waals surface area contributed by atoms with Gasteiger partial charge in [-0.25, -0.2) is 0 Å². The van der Waals surface area contributed by atoms with Crippen LogP contribution >= 0.6 is 0 Å². The Morgan fingerprint density at radius 3 is 2.71 bits per heavy atom. The lowest BCUT2D eigenvalue weighted by Gasteiger charge is -2.39. The summed E-state index contributed by atoms with van der Waals surface area (Å²) in [7, 11) is 1.82. The molecule has 2 aromatic carbocycles. The number of nitrogens with zero attached hydrogens (tertiary/aromatic N) is 2. The average Bonchev–Trinajstić information content (AvgIpc) is 3.23. The summed E-state index contributed by atoms with van der Waals surface area (Å²) in [6.45, 7) is 1.45. The number of amides is 3. The molecule has 0 radical (unpaired) electrons. The molecule has 0 spiro atoms. The molecule has 0 unspecified atom stereocenters. The van der Waals surface area contributed by atoms with Gasteiger partial charge >= 0.3 is 0 Å². The Balaban J connectivity index is 1.45. The van der Waals surface area contributed by atoms with Gasteiger partial charge in [0.1, 0.15) is 6.04 Å². The Hall–Kier alpha value is -3.59. The lowest BCUT2D eigenvalue weighted by molar-refractivity contribution is -0.616. The van der Waals surface area contributed by atoms with E-state index in [0.717, 1.165) is 11.1 Å². The van der Waals surface area contributed by atoms with Gasteiger partial charge in [-0.15, -0.1) is 0 Å². The van der Waals surface area contributed by atoms with Crippen molar-refractivity contribution in [3.8, 4) is 22.6 Å². The van der Waals surface area contributed by atoms with Crippen LogP contribution in [0.1, 0.15) is 10.4 Å². The molecule has 31 heavy (non-hydrogen) atoms. The number of rotatable bonds is 3. The van der Waals surface area contributed by atoms with Crippen LogP contribution in [0.5, 0.6) is 11.5 Å². The lowest BCUT2D eigenvalue weighted by atomic mass is 10.0. The zero-order valence-corrected chi connectivity index (χ0v) is 17.1. The molecule has 3 amide bonds. The number of hydrogen-bond donors (Lipinski definition) is 2. The minimum absolute atomic E-state index is 0.0331. The van der Waals surface area contributed by atoms with E-state index in [2.05, 4.69) is 5.32 Å². The molecule has 1 fully saturated rings. The monoisotopic (exact) mass is 423 g/mol. The van der Waals surface area contributed by atoms with Crippen LogP contribution in [0.25, 0.3) is 11.1 Å². The van der Waals surface area contributed by atoms with Crippen molar-refractivity contribution in [2.75, 3.05) is 45.3 Å². The SMILES string of the molecule is C[NH2+]CC(=O)N1CCN2C(=O)c3cc(-c4ccc5c(c4)OCO5)ccc3NC(=O)[C@H]2C1. The number of hydrogen-bond acceptors (Lipinski definition) is 5. The summed E-state index contributed by atoms with van der Waals surface area (Å²) in [5, 5.41) is 4.66. The van der Waals surface area contributed by atoms with E-state index in [1.807, 2.05) is 31.3 Å². The number of carbonyl (C=O) groups excluding carboxylic acids is 3. The van der Waals surface area contributed by atoms with E-state index in [0.29, 0.717) is 42.4 Å². The highest BCUT2D eigenvalue weighted by molar-refractivity contribution is 6.10. The number of piperazine rings is 1. The fraction of sp³-hybridized carbons (Fsp3) is 0.318. The maximum atomic E-state index is 13.4. The topological polar surface area (TPSA) is 105 Å². The van der Waals surface area contributed by atoms with E-state index in [1.54, 1.807) is 27.2 Å². The third-order valence-corrected chi connectivity index (χ3v) is 5.89. The number of benzene rings is 2. The predicted octanol–water partition coefficient (Wildman–Crippen LogP) is -0.119. The molecular weight excluding hydrogens is 400 g/mol. The Labute approximate surface area is 178 Å². The van der Waals surface area contributed by atoms with Crippen LogP contribution in [0, 0.1) is 0 Å². The summed E-state index contributed by atoms with van der Waals surface area (Å²) in [5.74, 6) is 0.834. The molecule has 0 aliphatic carbocycles. The number of nitrogens with one attached hydrogen (secondary N) is 1. The quantitative estimate of drug-likeness (QED) is 0.716. The molecule has 9 nitrogen and oxygen atoms in total. The minimum atomic E-state index is -0.705. The number of anilines is 1. The molecule has 3 aliphatic heterocycles. The number of carbonyl (C=O) groups is 3. The van der Waals surface area contributed by atoms with Gasteiger partial charge in [0.2, 0.25) is 12.7 Å². The Kier molecular flexibility index (Phi) is 4.74. The second-order valence-corrected chi connectivity index (χ2v) is 7.78. The van der Waals surface area contributed by atoms with Crippen molar-refractivity contribution in [2.45, 2.75) is 6.04 Å². The first kappa shape index (κ1) is 19.4. The molecule has 0 saturated carbocycles. The van der Waals surface area contributed by atoms with Gasteiger partial charge in [-0.2, -0.15) is 0 Å². The highest BCUT2D eigenvalue weighted by Crippen LogP contribution is 2.37. The van der Waals surface area contributed by atoms with Crippen molar-refractivity contribution in [1.29, 1.82) is 0 Å². The Morgan fingerprint density at radius 1 is 1.10 bits per heavy atom. The molecule has 3 N–H and O–H groups in total. The summed E-state index contributed by atoms with van der Waals surface area (Å²) in [6.07, 6.45) is 0. The molecule has 3 heterocycles. The first-order chi connectivity index (χ1) is 15.0. The van der Waals surface area contributed by atoms with Crippen LogP contribution in [-0.2, 0) is 9.59 Å². The van der Waals surface area contributed by atoms with Gasteiger partial charge in [-0.3, -0.25) is 14.4 Å². The summed E-state index contributed by atoms with van der Waals surface area (Å²) in [4.78, 5) is 41.8. The fourth-order valence-electron chi connectivity index (χ4n) is 4.24. The van der Waals surface area contributed by atoms with Crippen molar-refractivity contribution < 1.29 is 29.2 Å². The first-order valence-corrected chi connectivity index (χ1v) is 10.3. The molecule has 5 rings (SSSR count). The van der Waals surface area contributed by atoms with Gasteiger partial charge < -0.3 is 29.9 Å². The Morgan fingerprint density at radius 2 is 1.87 bits per heavy atom. The minimum Gasteiger partial charge on any atom is -0.454 e. The van der Waals surface area contributed by atoms with Crippen molar-refractivity contribution in [3.05, 3.63) is 42.0 Å². The van der Waals surface area contributed by atoms with E-state index >= 15 is 0 Å². The number of nitrogens with two attached hydrogens (primary N) is 1. The second-order valence-electron chi connectivity index (χ2n) is 7.78. The lowest BCUT2D eigenvalue weighted by Crippen LogP contribution is -2.83. The van der Waals surface area contributed by atoms with Crippen LogP contribution in [-0.4, -0.2) is 73.6 Å². The molecule has 3 aliphatic rings. The maximum absolute atomic E-state index is 13.4. The van der Waals surface area contributed by atoms with E-state index in [1.165, 1.54) is 0 Å². The summed E-state index contributed by atoms with van der Waals surface area (Å²) in [6, 6.07) is 10.3. The average molecular weight is 423 g/mol. The zero-order valence-electron chi connectivity index (χ0n) is 17.1. The van der Waals surface area contributed by atoms with Gasteiger partial charge in [0, 0.05) is 13.1 Å². The van der Waals surface area contributed by atoms with Crippen molar-refractivity contribution >= 4 is 23.4 Å². The number of ether oxygens (including phenoxy) is 2. The smallest absolute Gasteiger partial charge is 0.277 e. The van der Waals surface area contributed by atoms with Gasteiger partial charge in [0.05, 0.1) is 24.8 Å². The molecule has 9 heteroatoms. The van der Waals surface area contributed by atoms with Gasteiger partial charge in [0.15, 0.2) is 18.0 Å². The normalized spacial score (nSPS) is 19.5. The van der Waals surface area contributed by atoms with Crippen LogP contribution in [0.2, 0.25) is 0 Å². The van der Waals surface area contributed by atoms with Crippen LogP contribution in [0.15, 0.2) is 36.4 Å². The van der Waals surface area contributed by atoms with Crippen LogP contribution in [0.3, 0.4) is 0 Å². The standard InChI is InChI=1S/C22H22N4O5/c1-23-10-20(27)25-6-7-26-17(11-25)21(28)24-16-4-2-13(8-15(16)22(26)29)14-3-5-18-19(9-14)31-12-30-18/h2-5,8-9,17,23H,6-7,10-12H2,1H3,(H,24,28)/p+1/t17-/m1/s1.